The molecule has 3 nitrogen and oxygen atoms in total. The molecular weight excluding hydrogens is 254 g/mol. The number of hydrogen-bond donors (Lipinski definition) is 4. The van der Waals surface area contributed by atoms with Gasteiger partial charge >= 0.3 is 0 Å². The Hall–Kier alpha value is -0.190. The van der Waals surface area contributed by atoms with Crippen LogP contribution in [0.2, 0.25) is 0 Å². The van der Waals surface area contributed by atoms with E-state index in [0.717, 1.165) is 57.0 Å². The van der Waals surface area contributed by atoms with E-state index >= 15 is 0 Å². The van der Waals surface area contributed by atoms with Crippen molar-refractivity contribution in [2.75, 3.05) is 38.5 Å². The van der Waals surface area contributed by atoms with Gasteiger partial charge in [-0.2, -0.15) is 12.6 Å². The fourth-order valence-corrected chi connectivity index (χ4v) is 1.63. The molecular formula is C15H35N3S. The van der Waals surface area contributed by atoms with Crippen LogP contribution >= 0.6 is 12.6 Å². The third-order valence-electron chi connectivity index (χ3n) is 2.43. The summed E-state index contributed by atoms with van der Waals surface area (Å²) in [5.74, 6) is 0.979. The summed E-state index contributed by atoms with van der Waals surface area (Å²) >= 11 is 4.17. The summed E-state index contributed by atoms with van der Waals surface area (Å²) in [5.41, 5.74) is 1.05. The van der Waals surface area contributed by atoms with Crippen molar-refractivity contribution >= 4 is 12.6 Å². The Morgan fingerprint density at radius 1 is 0.842 bits per heavy atom. The second-order valence-electron chi connectivity index (χ2n) is 4.34. The van der Waals surface area contributed by atoms with Crippen LogP contribution in [0, 0.1) is 0 Å². The van der Waals surface area contributed by atoms with Crippen molar-refractivity contribution in [2.45, 2.75) is 46.5 Å². The van der Waals surface area contributed by atoms with Crippen molar-refractivity contribution < 1.29 is 0 Å². The van der Waals surface area contributed by atoms with E-state index in [-0.39, 0.29) is 0 Å². The fourth-order valence-electron chi connectivity index (χ4n) is 1.47. The Labute approximate surface area is 126 Å². The highest BCUT2D eigenvalue weighted by Crippen LogP contribution is 1.87. The largest absolute Gasteiger partial charge is 0.389 e. The normalized spacial score (nSPS) is 9.68. The van der Waals surface area contributed by atoms with Crippen LogP contribution in [0.25, 0.3) is 0 Å². The molecule has 0 saturated heterocycles. The van der Waals surface area contributed by atoms with Gasteiger partial charge < -0.3 is 16.0 Å². The summed E-state index contributed by atoms with van der Waals surface area (Å²) in [6, 6.07) is 0. The molecule has 0 aromatic heterocycles. The lowest BCUT2D eigenvalue weighted by molar-refractivity contribution is 0.568. The maximum Gasteiger partial charge on any atom is 0.0155 e. The topological polar surface area (TPSA) is 36.1 Å². The molecule has 0 radical (unpaired) electrons. The van der Waals surface area contributed by atoms with Gasteiger partial charge in [0.1, 0.15) is 0 Å². The number of thiol groups is 1. The van der Waals surface area contributed by atoms with E-state index in [1.165, 1.54) is 12.8 Å². The van der Waals surface area contributed by atoms with Gasteiger partial charge in [-0.25, -0.2) is 0 Å². The predicted molar refractivity (Wildman–Crippen MR) is 92.2 cm³/mol. The lowest BCUT2D eigenvalue weighted by atomic mass is 10.3. The molecule has 4 heteroatoms. The number of rotatable bonds is 13. The highest BCUT2D eigenvalue weighted by molar-refractivity contribution is 7.80. The first-order valence-electron chi connectivity index (χ1n) is 7.69. The van der Waals surface area contributed by atoms with Crippen molar-refractivity contribution in [3.63, 3.8) is 0 Å². The van der Waals surface area contributed by atoms with Crippen LogP contribution < -0.4 is 16.0 Å². The van der Waals surface area contributed by atoms with Crippen LogP contribution in [-0.4, -0.2) is 38.5 Å². The highest BCUT2D eigenvalue weighted by Gasteiger charge is 1.90. The van der Waals surface area contributed by atoms with E-state index in [2.05, 4.69) is 35.2 Å². The molecule has 3 N–H and O–H groups in total. The highest BCUT2D eigenvalue weighted by atomic mass is 32.1. The lowest BCUT2D eigenvalue weighted by Crippen LogP contribution is -2.23. The average Bonchev–Trinajstić information content (AvgIpc) is 2.42. The molecule has 0 unspecified atom stereocenters. The first-order chi connectivity index (χ1) is 9.27. The van der Waals surface area contributed by atoms with Crippen LogP contribution in [0.5, 0.6) is 0 Å². The van der Waals surface area contributed by atoms with Gasteiger partial charge in [-0.15, -0.1) is 0 Å². The maximum absolute atomic E-state index is 4.17. The van der Waals surface area contributed by atoms with Crippen LogP contribution in [0.15, 0.2) is 12.3 Å². The third-order valence-corrected chi connectivity index (χ3v) is 2.74. The molecule has 0 aromatic carbocycles. The summed E-state index contributed by atoms with van der Waals surface area (Å²) in [4.78, 5) is 0. The van der Waals surface area contributed by atoms with Crippen LogP contribution in [-0.2, 0) is 0 Å². The first-order valence-corrected chi connectivity index (χ1v) is 8.32. The van der Waals surface area contributed by atoms with E-state index in [1.807, 2.05) is 20.8 Å². The first kappa shape index (κ1) is 21.1. The predicted octanol–water partition coefficient (Wildman–Crippen LogP) is 2.81. The van der Waals surface area contributed by atoms with Gasteiger partial charge in [0.25, 0.3) is 0 Å². The molecule has 0 rings (SSSR count). The zero-order valence-electron chi connectivity index (χ0n) is 13.2. The number of nitrogens with one attached hydrogen (secondary N) is 3. The number of hydrogen-bond acceptors (Lipinski definition) is 4. The number of unbranched alkanes of at least 4 members (excludes halogenated alkanes) is 1. The van der Waals surface area contributed by atoms with Gasteiger partial charge in [0.2, 0.25) is 0 Å². The Morgan fingerprint density at radius 3 is 1.79 bits per heavy atom. The van der Waals surface area contributed by atoms with Gasteiger partial charge in [0.15, 0.2) is 0 Å². The van der Waals surface area contributed by atoms with E-state index < -0.39 is 0 Å². The molecule has 116 valence electrons. The zero-order valence-corrected chi connectivity index (χ0v) is 14.1. The average molecular weight is 290 g/mol. The molecule has 0 atom stereocenters. The van der Waals surface area contributed by atoms with Crippen molar-refractivity contribution in [1.29, 1.82) is 0 Å². The molecule has 0 saturated carbocycles. The monoisotopic (exact) mass is 289 g/mol. The Bertz CT molecular complexity index is 175. The van der Waals surface area contributed by atoms with E-state index in [1.54, 1.807) is 0 Å². The summed E-state index contributed by atoms with van der Waals surface area (Å²) in [6.45, 7) is 15.3. The van der Waals surface area contributed by atoms with Crippen LogP contribution in [0.1, 0.15) is 46.5 Å². The lowest BCUT2D eigenvalue weighted by Gasteiger charge is -2.07. The SMILES string of the molecule is C=C(C)NCCCNCCCCNCCCS.CC. The van der Waals surface area contributed by atoms with Gasteiger partial charge in [0, 0.05) is 12.2 Å². The smallest absolute Gasteiger partial charge is 0.0155 e. The van der Waals surface area contributed by atoms with Gasteiger partial charge in [0.05, 0.1) is 0 Å². The Balaban J connectivity index is 0. The minimum Gasteiger partial charge on any atom is -0.389 e. The minimum atomic E-state index is 0.979. The summed E-state index contributed by atoms with van der Waals surface area (Å²) in [5, 5.41) is 10.1. The molecule has 0 fully saturated rings. The number of allylic oxidation sites excluding steroid dienone is 1. The zero-order chi connectivity index (χ0) is 14.8. The van der Waals surface area contributed by atoms with Crippen molar-refractivity contribution in [1.82, 2.24) is 16.0 Å². The van der Waals surface area contributed by atoms with Gasteiger partial charge in [-0.1, -0.05) is 20.4 Å². The van der Waals surface area contributed by atoms with Crippen LogP contribution in [0.3, 0.4) is 0 Å². The van der Waals surface area contributed by atoms with Crippen LogP contribution in [0.4, 0.5) is 0 Å². The molecule has 19 heavy (non-hydrogen) atoms. The quantitative estimate of drug-likeness (QED) is 0.311. The Morgan fingerprint density at radius 2 is 1.32 bits per heavy atom. The standard InChI is InChI=1S/C13H29N3S.C2H6/c1-13(2)16-11-5-9-14-7-3-4-8-15-10-6-12-17;1-2/h14-17H,1,3-12H2,2H3;1-2H3. The summed E-state index contributed by atoms with van der Waals surface area (Å²) in [6.07, 6.45) is 4.83. The summed E-state index contributed by atoms with van der Waals surface area (Å²) < 4.78 is 0. The molecule has 0 aliphatic heterocycles. The Kier molecular flexibility index (Phi) is 22.4. The molecule has 0 amide bonds. The van der Waals surface area contributed by atoms with Gasteiger partial charge in [-0.3, -0.25) is 0 Å². The van der Waals surface area contributed by atoms with Crippen molar-refractivity contribution in [3.8, 4) is 0 Å². The van der Waals surface area contributed by atoms with Crippen molar-refractivity contribution in [3.05, 3.63) is 12.3 Å². The second-order valence-corrected chi connectivity index (χ2v) is 4.79. The molecule has 0 aliphatic carbocycles. The second kappa shape index (κ2) is 20.1. The summed E-state index contributed by atoms with van der Waals surface area (Å²) in [7, 11) is 0. The molecule has 0 aliphatic rings. The molecule has 0 spiro atoms. The van der Waals surface area contributed by atoms with E-state index in [4.69, 9.17) is 0 Å². The van der Waals surface area contributed by atoms with E-state index in [9.17, 15) is 0 Å². The molecule has 0 aromatic rings. The fraction of sp³-hybridized carbons (Fsp3) is 0.867. The molecule has 0 bridgehead atoms. The molecule has 0 heterocycles. The van der Waals surface area contributed by atoms with Gasteiger partial charge in [-0.05, 0) is 64.5 Å². The minimum absolute atomic E-state index is 0.979. The van der Waals surface area contributed by atoms with Crippen molar-refractivity contribution in [2.24, 2.45) is 0 Å². The third kappa shape index (κ3) is 23.3. The maximum atomic E-state index is 4.17. The van der Waals surface area contributed by atoms with E-state index in [0.29, 0.717) is 0 Å².